The molecule has 1 N–H and O–H groups in total. The zero-order valence-electron chi connectivity index (χ0n) is 19.5. The average Bonchev–Trinajstić information content (AvgIpc) is 3.23. The zero-order valence-corrected chi connectivity index (χ0v) is 19.5. The van der Waals surface area contributed by atoms with Crippen LogP contribution in [-0.2, 0) is 24.9 Å². The Morgan fingerprint density at radius 1 is 0.939 bits per heavy atom. The van der Waals surface area contributed by atoms with Crippen LogP contribution >= 0.6 is 0 Å². The Balaban J connectivity index is 1.73. The van der Waals surface area contributed by atoms with Gasteiger partial charge < -0.3 is 24.4 Å². The molecule has 0 unspecified atom stereocenters. The zero-order chi connectivity index (χ0) is 23.6. The standard InChI is InChI=1S/C26H32N4O3/c1-4-16-29(26(32)27-22-12-14-24(33-3)15-13-22)20-25(31)30(18-21-9-6-5-7-10-21)19-23-11-8-17-28(23)2/h5-15,17H,4,16,18-20H2,1-3H3,(H,27,32). The fourth-order valence-corrected chi connectivity index (χ4v) is 3.55. The van der Waals surface area contributed by atoms with E-state index >= 15 is 0 Å². The number of nitrogens with one attached hydrogen (secondary N) is 1. The molecule has 0 aliphatic heterocycles. The molecule has 0 saturated heterocycles. The molecule has 0 atom stereocenters. The van der Waals surface area contributed by atoms with Crippen LogP contribution in [-0.4, -0.2) is 46.5 Å². The van der Waals surface area contributed by atoms with Crippen LogP contribution in [0.25, 0.3) is 0 Å². The second kappa shape index (κ2) is 11.8. The van der Waals surface area contributed by atoms with E-state index in [9.17, 15) is 9.59 Å². The quantitative estimate of drug-likeness (QED) is 0.496. The number of carbonyl (C=O) groups excluding carboxylic acids is 2. The van der Waals surface area contributed by atoms with Crippen molar-refractivity contribution in [3.05, 3.63) is 84.2 Å². The van der Waals surface area contributed by atoms with Crippen LogP contribution in [0.1, 0.15) is 24.6 Å². The Morgan fingerprint density at radius 2 is 1.67 bits per heavy atom. The van der Waals surface area contributed by atoms with Crippen molar-refractivity contribution in [2.45, 2.75) is 26.4 Å². The van der Waals surface area contributed by atoms with Gasteiger partial charge in [0.25, 0.3) is 0 Å². The van der Waals surface area contributed by atoms with E-state index in [1.165, 1.54) is 0 Å². The number of rotatable bonds is 10. The SMILES string of the molecule is CCCN(CC(=O)N(Cc1ccccc1)Cc1cccn1C)C(=O)Nc1ccc(OC)cc1. The maximum absolute atomic E-state index is 13.4. The van der Waals surface area contributed by atoms with Crippen LogP contribution in [0, 0.1) is 0 Å². The molecule has 0 saturated carbocycles. The second-order valence-corrected chi connectivity index (χ2v) is 7.93. The molecule has 33 heavy (non-hydrogen) atoms. The van der Waals surface area contributed by atoms with Gasteiger partial charge in [-0.3, -0.25) is 4.79 Å². The summed E-state index contributed by atoms with van der Waals surface area (Å²) < 4.78 is 7.17. The van der Waals surface area contributed by atoms with E-state index in [4.69, 9.17) is 4.74 Å². The lowest BCUT2D eigenvalue weighted by molar-refractivity contribution is -0.133. The van der Waals surface area contributed by atoms with Gasteiger partial charge in [0.1, 0.15) is 12.3 Å². The van der Waals surface area contributed by atoms with Crippen molar-refractivity contribution in [3.8, 4) is 5.75 Å². The highest BCUT2D eigenvalue weighted by atomic mass is 16.5. The molecule has 0 bridgehead atoms. The first-order chi connectivity index (χ1) is 16.0. The topological polar surface area (TPSA) is 66.8 Å². The van der Waals surface area contributed by atoms with Crippen molar-refractivity contribution >= 4 is 17.6 Å². The van der Waals surface area contributed by atoms with Gasteiger partial charge in [-0.2, -0.15) is 0 Å². The summed E-state index contributed by atoms with van der Waals surface area (Å²) in [4.78, 5) is 29.7. The van der Waals surface area contributed by atoms with Gasteiger partial charge >= 0.3 is 6.03 Å². The van der Waals surface area contributed by atoms with Crippen LogP contribution in [0.4, 0.5) is 10.5 Å². The smallest absolute Gasteiger partial charge is 0.322 e. The van der Waals surface area contributed by atoms with E-state index < -0.39 is 0 Å². The van der Waals surface area contributed by atoms with Crippen LogP contribution in [0.3, 0.4) is 0 Å². The lowest BCUT2D eigenvalue weighted by Gasteiger charge is -2.28. The molecule has 0 fully saturated rings. The Kier molecular flexibility index (Phi) is 8.52. The number of nitrogens with zero attached hydrogens (tertiary/aromatic N) is 3. The Morgan fingerprint density at radius 3 is 2.27 bits per heavy atom. The first-order valence-corrected chi connectivity index (χ1v) is 11.1. The molecule has 3 amide bonds. The van der Waals surface area contributed by atoms with E-state index in [1.54, 1.807) is 41.2 Å². The number of hydrogen-bond acceptors (Lipinski definition) is 3. The molecule has 7 heteroatoms. The number of urea groups is 1. The van der Waals surface area contributed by atoms with Crippen molar-refractivity contribution in [1.29, 1.82) is 0 Å². The molecular formula is C26H32N4O3. The second-order valence-electron chi connectivity index (χ2n) is 7.93. The van der Waals surface area contributed by atoms with Gasteiger partial charge in [-0.25, -0.2) is 4.79 Å². The number of aryl methyl sites for hydroxylation is 1. The van der Waals surface area contributed by atoms with Gasteiger partial charge in [-0.1, -0.05) is 37.3 Å². The molecular weight excluding hydrogens is 416 g/mol. The molecule has 0 aliphatic carbocycles. The largest absolute Gasteiger partial charge is 0.497 e. The third-order valence-electron chi connectivity index (χ3n) is 5.42. The van der Waals surface area contributed by atoms with Gasteiger partial charge in [0.15, 0.2) is 0 Å². The summed E-state index contributed by atoms with van der Waals surface area (Å²) in [7, 11) is 3.56. The molecule has 0 spiro atoms. The Bertz CT molecular complexity index is 1030. The number of aromatic nitrogens is 1. The summed E-state index contributed by atoms with van der Waals surface area (Å²) in [6, 6.07) is 20.7. The van der Waals surface area contributed by atoms with Gasteiger partial charge in [0.05, 0.1) is 13.7 Å². The van der Waals surface area contributed by atoms with Crippen molar-refractivity contribution in [2.75, 3.05) is 25.5 Å². The summed E-state index contributed by atoms with van der Waals surface area (Å²) in [6.07, 6.45) is 2.71. The molecule has 1 aromatic heterocycles. The number of benzene rings is 2. The maximum Gasteiger partial charge on any atom is 0.322 e. The molecule has 174 valence electrons. The highest BCUT2D eigenvalue weighted by Crippen LogP contribution is 2.16. The van der Waals surface area contributed by atoms with Crippen LogP contribution in [0.2, 0.25) is 0 Å². The number of amides is 3. The minimum Gasteiger partial charge on any atom is -0.497 e. The third kappa shape index (κ3) is 6.87. The van der Waals surface area contributed by atoms with E-state index in [1.807, 2.05) is 67.2 Å². The average molecular weight is 449 g/mol. The summed E-state index contributed by atoms with van der Waals surface area (Å²) >= 11 is 0. The minimum atomic E-state index is -0.297. The predicted octanol–water partition coefficient (Wildman–Crippen LogP) is 4.51. The van der Waals surface area contributed by atoms with Crippen molar-refractivity contribution in [3.63, 3.8) is 0 Å². The fourth-order valence-electron chi connectivity index (χ4n) is 3.55. The lowest BCUT2D eigenvalue weighted by atomic mass is 10.2. The highest BCUT2D eigenvalue weighted by Gasteiger charge is 2.22. The van der Waals surface area contributed by atoms with Crippen molar-refractivity contribution in [1.82, 2.24) is 14.4 Å². The van der Waals surface area contributed by atoms with Gasteiger partial charge in [-0.15, -0.1) is 0 Å². The van der Waals surface area contributed by atoms with Crippen LogP contribution < -0.4 is 10.1 Å². The Labute approximate surface area is 195 Å². The van der Waals surface area contributed by atoms with Crippen molar-refractivity contribution < 1.29 is 14.3 Å². The van der Waals surface area contributed by atoms with E-state index in [0.29, 0.717) is 31.1 Å². The van der Waals surface area contributed by atoms with E-state index in [-0.39, 0.29) is 18.5 Å². The van der Waals surface area contributed by atoms with Gasteiger partial charge in [0, 0.05) is 37.7 Å². The monoisotopic (exact) mass is 448 g/mol. The number of methoxy groups -OCH3 is 1. The molecule has 3 rings (SSSR count). The predicted molar refractivity (Wildman–Crippen MR) is 130 cm³/mol. The fraction of sp³-hybridized carbons (Fsp3) is 0.308. The highest BCUT2D eigenvalue weighted by molar-refractivity contribution is 5.92. The number of hydrogen-bond donors (Lipinski definition) is 1. The van der Waals surface area contributed by atoms with E-state index in [0.717, 1.165) is 17.7 Å². The summed E-state index contributed by atoms with van der Waals surface area (Å²) in [5.74, 6) is 0.615. The third-order valence-corrected chi connectivity index (χ3v) is 5.42. The first kappa shape index (κ1) is 23.9. The normalized spacial score (nSPS) is 10.5. The molecule has 7 nitrogen and oxygen atoms in total. The minimum absolute atomic E-state index is 0.00703. The molecule has 1 heterocycles. The van der Waals surface area contributed by atoms with Gasteiger partial charge in [0.2, 0.25) is 5.91 Å². The molecule has 0 aliphatic rings. The maximum atomic E-state index is 13.4. The van der Waals surface area contributed by atoms with Crippen LogP contribution in [0.15, 0.2) is 72.9 Å². The summed E-state index contributed by atoms with van der Waals surface area (Å²) in [5, 5.41) is 2.88. The molecule has 0 radical (unpaired) electrons. The Hall–Kier alpha value is -3.74. The number of carbonyl (C=O) groups is 2. The molecule has 3 aromatic rings. The lowest BCUT2D eigenvalue weighted by Crippen LogP contribution is -2.44. The van der Waals surface area contributed by atoms with Gasteiger partial charge in [-0.05, 0) is 48.4 Å². The van der Waals surface area contributed by atoms with Crippen molar-refractivity contribution in [2.24, 2.45) is 7.05 Å². The summed E-state index contributed by atoms with van der Waals surface area (Å²) in [5.41, 5.74) is 2.73. The number of anilines is 1. The summed E-state index contributed by atoms with van der Waals surface area (Å²) in [6.45, 7) is 3.43. The first-order valence-electron chi connectivity index (χ1n) is 11.1. The molecule has 2 aromatic carbocycles. The van der Waals surface area contributed by atoms with E-state index in [2.05, 4.69) is 5.32 Å². The van der Waals surface area contributed by atoms with Crippen LogP contribution in [0.5, 0.6) is 5.75 Å². The number of ether oxygens (including phenoxy) is 1.